The molecule has 0 bridgehead atoms. The highest BCUT2D eigenvalue weighted by atomic mass is 19.1. The first-order chi connectivity index (χ1) is 16.8. The van der Waals surface area contributed by atoms with E-state index < -0.39 is 11.7 Å². The summed E-state index contributed by atoms with van der Waals surface area (Å²) >= 11 is 0. The van der Waals surface area contributed by atoms with E-state index in [9.17, 15) is 9.18 Å². The number of amides is 1. The summed E-state index contributed by atoms with van der Waals surface area (Å²) in [6.45, 7) is 10.6. The van der Waals surface area contributed by atoms with Crippen LogP contribution in [0.1, 0.15) is 63.1 Å². The van der Waals surface area contributed by atoms with Gasteiger partial charge < -0.3 is 14.1 Å². The Bertz CT molecular complexity index is 1160. The van der Waals surface area contributed by atoms with Gasteiger partial charge in [0, 0.05) is 31.4 Å². The minimum absolute atomic E-state index is 0.184. The molecule has 1 fully saturated rings. The molecule has 7 heteroatoms. The highest BCUT2D eigenvalue weighted by Crippen LogP contribution is 2.40. The molecule has 6 nitrogen and oxygen atoms in total. The van der Waals surface area contributed by atoms with E-state index in [2.05, 4.69) is 30.6 Å². The monoisotopic (exact) mass is 477 g/mol. The molecule has 4 rings (SSSR count). The van der Waals surface area contributed by atoms with E-state index in [0.717, 1.165) is 29.5 Å². The van der Waals surface area contributed by atoms with Crippen molar-refractivity contribution in [1.82, 2.24) is 15.1 Å². The van der Waals surface area contributed by atoms with Crippen LogP contribution in [0, 0.1) is 11.7 Å². The van der Waals surface area contributed by atoms with Crippen LogP contribution in [0.3, 0.4) is 0 Å². The van der Waals surface area contributed by atoms with Crippen LogP contribution in [-0.4, -0.2) is 27.7 Å². The summed E-state index contributed by atoms with van der Waals surface area (Å²) in [7, 11) is 0. The van der Waals surface area contributed by atoms with Gasteiger partial charge in [0.25, 0.3) is 0 Å². The van der Waals surface area contributed by atoms with Crippen LogP contribution in [0.15, 0.2) is 65.6 Å². The number of aryl methyl sites for hydroxylation is 1. The van der Waals surface area contributed by atoms with Crippen LogP contribution in [0.2, 0.25) is 0 Å². The summed E-state index contributed by atoms with van der Waals surface area (Å²) in [4.78, 5) is 14.8. The Balaban J connectivity index is 1.45. The van der Waals surface area contributed by atoms with Crippen molar-refractivity contribution in [3.8, 4) is 11.5 Å². The summed E-state index contributed by atoms with van der Waals surface area (Å²) in [5.41, 5.74) is 1.75. The van der Waals surface area contributed by atoms with Gasteiger partial charge >= 0.3 is 6.09 Å². The van der Waals surface area contributed by atoms with Crippen molar-refractivity contribution in [2.24, 2.45) is 5.92 Å². The molecule has 3 aromatic rings. The number of carbonyl (C=O) groups is 1. The van der Waals surface area contributed by atoms with Crippen LogP contribution in [0.4, 0.5) is 9.18 Å². The first-order valence-corrected chi connectivity index (χ1v) is 12.1. The van der Waals surface area contributed by atoms with Gasteiger partial charge in [0.05, 0.1) is 6.04 Å². The molecule has 1 aliphatic heterocycles. The van der Waals surface area contributed by atoms with E-state index in [4.69, 9.17) is 9.15 Å². The number of hydrogen-bond donors (Lipinski definition) is 0. The van der Waals surface area contributed by atoms with Crippen LogP contribution >= 0.6 is 0 Å². The number of halogens is 1. The fourth-order valence-corrected chi connectivity index (χ4v) is 4.44. The smallest absolute Gasteiger partial charge is 0.411 e. The lowest BCUT2D eigenvalue weighted by atomic mass is 9.85. The van der Waals surface area contributed by atoms with Gasteiger partial charge in [-0.15, -0.1) is 16.8 Å². The van der Waals surface area contributed by atoms with Gasteiger partial charge in [0.2, 0.25) is 11.8 Å². The van der Waals surface area contributed by atoms with Crippen molar-refractivity contribution >= 4 is 6.09 Å². The Hall–Kier alpha value is -3.48. The lowest BCUT2D eigenvalue weighted by molar-refractivity contribution is -0.0588. The van der Waals surface area contributed by atoms with Gasteiger partial charge in [-0.2, -0.15) is 0 Å². The zero-order valence-electron chi connectivity index (χ0n) is 20.5. The van der Waals surface area contributed by atoms with Crippen molar-refractivity contribution < 1.29 is 18.3 Å². The first-order valence-electron chi connectivity index (χ1n) is 12.1. The Labute approximate surface area is 205 Å². The Morgan fingerprint density at radius 2 is 1.83 bits per heavy atom. The summed E-state index contributed by atoms with van der Waals surface area (Å²) in [6, 6.07) is 13.8. The molecule has 1 amide bonds. The third-order valence-electron chi connectivity index (χ3n) is 6.63. The van der Waals surface area contributed by atoms with E-state index in [1.165, 1.54) is 12.1 Å². The SMILES string of the molecule is C=CCC1(c2ccc(F)cc2)CCN(C(C)c2ccc(-c3nnc(CCC(C)C)o3)cc2)C(=O)O1. The maximum absolute atomic E-state index is 13.4. The second-order valence-corrected chi connectivity index (χ2v) is 9.54. The highest BCUT2D eigenvalue weighted by Gasteiger charge is 2.42. The molecule has 0 spiro atoms. The second-order valence-electron chi connectivity index (χ2n) is 9.54. The maximum atomic E-state index is 13.4. The summed E-state index contributed by atoms with van der Waals surface area (Å²) < 4.78 is 25.3. The minimum Gasteiger partial charge on any atom is -0.437 e. The van der Waals surface area contributed by atoms with Crippen molar-refractivity contribution in [3.05, 3.63) is 84.0 Å². The Morgan fingerprint density at radius 1 is 1.11 bits per heavy atom. The van der Waals surface area contributed by atoms with Crippen molar-refractivity contribution in [1.29, 1.82) is 0 Å². The van der Waals surface area contributed by atoms with Gasteiger partial charge in [-0.1, -0.05) is 44.2 Å². The fraction of sp³-hybridized carbons (Fsp3) is 0.393. The standard InChI is InChI=1S/C28H32FN3O3/c1-5-16-28(23-11-13-24(29)14-12-23)17-18-32(27(33)35-28)20(4)21-7-9-22(10-8-21)26-31-30-25(34-26)15-6-19(2)3/h5,7-14,19-20H,1,6,15-18H2,2-4H3. The van der Waals surface area contributed by atoms with Crippen LogP contribution in [0.25, 0.3) is 11.5 Å². The van der Waals surface area contributed by atoms with E-state index in [1.807, 2.05) is 31.2 Å². The topological polar surface area (TPSA) is 68.5 Å². The minimum atomic E-state index is -0.835. The normalized spacial score (nSPS) is 19.0. The molecule has 1 aliphatic rings. The summed E-state index contributed by atoms with van der Waals surface area (Å²) in [6.07, 6.45) is 4.15. The van der Waals surface area contributed by atoms with Gasteiger partial charge in [0.15, 0.2) is 0 Å². The number of rotatable bonds is 9. The van der Waals surface area contributed by atoms with Crippen LogP contribution < -0.4 is 0 Å². The molecule has 1 saturated heterocycles. The molecule has 0 radical (unpaired) electrons. The molecule has 0 aliphatic carbocycles. The average Bonchev–Trinajstić information content (AvgIpc) is 3.32. The van der Waals surface area contributed by atoms with E-state index in [-0.39, 0.29) is 11.9 Å². The number of carbonyl (C=O) groups excluding carboxylic acids is 1. The molecule has 2 heterocycles. The molecule has 35 heavy (non-hydrogen) atoms. The average molecular weight is 478 g/mol. The molecule has 1 aromatic heterocycles. The van der Waals surface area contributed by atoms with E-state index in [0.29, 0.717) is 37.1 Å². The number of cyclic esters (lactones) is 1. The molecule has 2 atom stereocenters. The lowest BCUT2D eigenvalue weighted by Crippen LogP contribution is -2.48. The predicted molar refractivity (Wildman–Crippen MR) is 132 cm³/mol. The summed E-state index contributed by atoms with van der Waals surface area (Å²) in [5.74, 6) is 1.39. The molecule has 0 saturated carbocycles. The molecule has 2 unspecified atom stereocenters. The number of ether oxygens (including phenoxy) is 1. The zero-order chi connectivity index (χ0) is 25.0. The van der Waals surface area contributed by atoms with Crippen LogP contribution in [-0.2, 0) is 16.8 Å². The van der Waals surface area contributed by atoms with E-state index in [1.54, 1.807) is 23.1 Å². The molecular formula is C28H32FN3O3. The Kier molecular flexibility index (Phi) is 7.34. The van der Waals surface area contributed by atoms with Crippen molar-refractivity contribution in [3.63, 3.8) is 0 Å². The molecule has 184 valence electrons. The fourth-order valence-electron chi connectivity index (χ4n) is 4.44. The largest absolute Gasteiger partial charge is 0.437 e. The second kappa shape index (κ2) is 10.4. The number of aromatic nitrogens is 2. The highest BCUT2D eigenvalue weighted by molar-refractivity contribution is 5.70. The van der Waals surface area contributed by atoms with Crippen LogP contribution in [0.5, 0.6) is 0 Å². The molecular weight excluding hydrogens is 445 g/mol. The first kappa shape index (κ1) is 24.6. The third kappa shape index (κ3) is 5.45. The van der Waals surface area contributed by atoms with Gasteiger partial charge in [-0.05, 0) is 54.7 Å². The quantitative estimate of drug-likeness (QED) is 0.316. The maximum Gasteiger partial charge on any atom is 0.411 e. The zero-order valence-corrected chi connectivity index (χ0v) is 20.5. The lowest BCUT2D eigenvalue weighted by Gasteiger charge is -2.43. The molecule has 0 N–H and O–H groups in total. The van der Waals surface area contributed by atoms with Gasteiger partial charge in [-0.25, -0.2) is 9.18 Å². The Morgan fingerprint density at radius 3 is 2.46 bits per heavy atom. The molecule has 2 aromatic carbocycles. The van der Waals surface area contributed by atoms with Crippen molar-refractivity contribution in [2.45, 2.75) is 58.1 Å². The van der Waals surface area contributed by atoms with Crippen molar-refractivity contribution in [2.75, 3.05) is 6.54 Å². The number of hydrogen-bond acceptors (Lipinski definition) is 5. The van der Waals surface area contributed by atoms with E-state index >= 15 is 0 Å². The number of nitrogens with zero attached hydrogens (tertiary/aromatic N) is 3. The summed E-state index contributed by atoms with van der Waals surface area (Å²) in [5, 5.41) is 8.33. The van der Waals surface area contributed by atoms with Gasteiger partial charge in [0.1, 0.15) is 11.4 Å². The predicted octanol–water partition coefficient (Wildman–Crippen LogP) is 6.84. The number of benzene rings is 2. The van der Waals surface area contributed by atoms with Gasteiger partial charge in [-0.3, -0.25) is 0 Å². The third-order valence-corrected chi connectivity index (χ3v) is 6.63.